The first kappa shape index (κ1) is 16.0. The fraction of sp³-hybridized carbons (Fsp3) is 0.235. The molecule has 22 heavy (non-hydrogen) atoms. The molecule has 0 aromatic heterocycles. The molecule has 1 amide bonds. The maximum absolute atomic E-state index is 12.8. The van der Waals surface area contributed by atoms with Crippen LogP contribution in [0.4, 0.5) is 4.39 Å². The van der Waals surface area contributed by atoms with Gasteiger partial charge in [0.25, 0.3) is 5.91 Å². The minimum atomic E-state index is -0.885. The number of nitrogens with one attached hydrogen (secondary N) is 1. The fourth-order valence-corrected chi connectivity index (χ4v) is 1.85. The molecular weight excluding hydrogens is 285 g/mol. The SMILES string of the molecule is Cc1ccc(OCC(=O)NCC(O)c2ccc(F)cc2)cc1. The lowest BCUT2D eigenvalue weighted by atomic mass is 10.1. The van der Waals surface area contributed by atoms with Gasteiger partial charge in [0, 0.05) is 6.54 Å². The van der Waals surface area contributed by atoms with Gasteiger partial charge in [0.2, 0.25) is 0 Å². The van der Waals surface area contributed by atoms with Gasteiger partial charge in [-0.2, -0.15) is 0 Å². The van der Waals surface area contributed by atoms with Crippen molar-refractivity contribution in [1.29, 1.82) is 0 Å². The maximum Gasteiger partial charge on any atom is 0.258 e. The number of ether oxygens (including phenoxy) is 1. The number of halogens is 1. The molecule has 2 aromatic carbocycles. The number of carbonyl (C=O) groups excluding carboxylic acids is 1. The molecule has 0 saturated carbocycles. The number of benzene rings is 2. The van der Waals surface area contributed by atoms with Gasteiger partial charge >= 0.3 is 0 Å². The van der Waals surface area contributed by atoms with Gasteiger partial charge in [-0.15, -0.1) is 0 Å². The second-order valence-electron chi connectivity index (χ2n) is 4.97. The van der Waals surface area contributed by atoms with E-state index >= 15 is 0 Å². The Hall–Kier alpha value is -2.40. The third kappa shape index (κ3) is 4.86. The third-order valence-electron chi connectivity index (χ3n) is 3.14. The summed E-state index contributed by atoms with van der Waals surface area (Å²) in [6.45, 7) is 1.88. The van der Waals surface area contributed by atoms with Gasteiger partial charge in [-0.1, -0.05) is 29.8 Å². The molecule has 0 aliphatic carbocycles. The van der Waals surface area contributed by atoms with E-state index < -0.39 is 6.10 Å². The van der Waals surface area contributed by atoms with Gasteiger partial charge < -0.3 is 15.2 Å². The zero-order chi connectivity index (χ0) is 15.9. The Morgan fingerprint density at radius 1 is 1.18 bits per heavy atom. The second kappa shape index (κ2) is 7.56. The monoisotopic (exact) mass is 303 g/mol. The lowest BCUT2D eigenvalue weighted by Gasteiger charge is -2.12. The average Bonchev–Trinajstić information content (AvgIpc) is 2.52. The van der Waals surface area contributed by atoms with Gasteiger partial charge in [0.1, 0.15) is 11.6 Å². The molecule has 4 nitrogen and oxygen atoms in total. The van der Waals surface area contributed by atoms with E-state index in [1.54, 1.807) is 12.1 Å². The van der Waals surface area contributed by atoms with Crippen LogP contribution < -0.4 is 10.1 Å². The van der Waals surface area contributed by atoms with Crippen LogP contribution in [0.5, 0.6) is 5.75 Å². The van der Waals surface area contributed by atoms with E-state index in [1.807, 2.05) is 19.1 Å². The number of aliphatic hydroxyl groups is 1. The van der Waals surface area contributed by atoms with Crippen LogP contribution in [0.2, 0.25) is 0 Å². The van der Waals surface area contributed by atoms with Crippen molar-refractivity contribution in [3.8, 4) is 5.75 Å². The van der Waals surface area contributed by atoms with Crippen LogP contribution >= 0.6 is 0 Å². The van der Waals surface area contributed by atoms with E-state index in [9.17, 15) is 14.3 Å². The van der Waals surface area contributed by atoms with Crippen molar-refractivity contribution >= 4 is 5.91 Å². The van der Waals surface area contributed by atoms with E-state index in [-0.39, 0.29) is 24.9 Å². The first-order valence-corrected chi connectivity index (χ1v) is 6.94. The summed E-state index contributed by atoms with van der Waals surface area (Å²) in [5.41, 5.74) is 1.65. The van der Waals surface area contributed by atoms with Gasteiger partial charge in [-0.25, -0.2) is 4.39 Å². The Labute approximate surface area is 128 Å². The molecule has 1 unspecified atom stereocenters. The highest BCUT2D eigenvalue weighted by atomic mass is 19.1. The second-order valence-corrected chi connectivity index (χ2v) is 4.97. The molecule has 0 heterocycles. The number of carbonyl (C=O) groups is 1. The molecule has 2 rings (SSSR count). The number of aryl methyl sites for hydroxylation is 1. The number of rotatable bonds is 6. The zero-order valence-corrected chi connectivity index (χ0v) is 12.3. The summed E-state index contributed by atoms with van der Waals surface area (Å²) in [6, 6.07) is 12.9. The molecule has 0 spiro atoms. The standard InChI is InChI=1S/C17H18FNO3/c1-12-2-8-15(9-3-12)22-11-17(21)19-10-16(20)13-4-6-14(18)7-5-13/h2-9,16,20H,10-11H2,1H3,(H,19,21). The lowest BCUT2D eigenvalue weighted by molar-refractivity contribution is -0.123. The van der Waals surface area contributed by atoms with Crippen molar-refractivity contribution in [2.24, 2.45) is 0 Å². The molecular formula is C17H18FNO3. The zero-order valence-electron chi connectivity index (χ0n) is 12.3. The van der Waals surface area contributed by atoms with Crippen LogP contribution in [0, 0.1) is 12.7 Å². The summed E-state index contributed by atoms with van der Waals surface area (Å²) in [7, 11) is 0. The van der Waals surface area contributed by atoms with Gasteiger partial charge in [-0.3, -0.25) is 4.79 Å². The van der Waals surface area contributed by atoms with Gasteiger partial charge in [0.05, 0.1) is 6.10 Å². The van der Waals surface area contributed by atoms with E-state index in [1.165, 1.54) is 24.3 Å². The van der Waals surface area contributed by atoms with Crippen molar-refractivity contribution in [2.75, 3.05) is 13.2 Å². The Balaban J connectivity index is 1.75. The Kier molecular flexibility index (Phi) is 5.49. The Bertz CT molecular complexity index is 611. The number of aliphatic hydroxyl groups excluding tert-OH is 1. The summed E-state index contributed by atoms with van der Waals surface area (Å²) in [5, 5.41) is 12.5. The Morgan fingerprint density at radius 2 is 1.82 bits per heavy atom. The predicted octanol–water partition coefficient (Wildman–Crippen LogP) is 2.36. The molecule has 0 fully saturated rings. The normalized spacial score (nSPS) is 11.8. The topological polar surface area (TPSA) is 58.6 Å². The number of amides is 1. The van der Waals surface area contributed by atoms with E-state index in [4.69, 9.17) is 4.74 Å². The lowest BCUT2D eigenvalue weighted by Crippen LogP contribution is -2.32. The van der Waals surface area contributed by atoms with E-state index in [2.05, 4.69) is 5.32 Å². The largest absolute Gasteiger partial charge is 0.484 e. The Morgan fingerprint density at radius 3 is 2.45 bits per heavy atom. The molecule has 0 aliphatic rings. The highest BCUT2D eigenvalue weighted by Crippen LogP contribution is 2.13. The number of hydrogen-bond donors (Lipinski definition) is 2. The summed E-state index contributed by atoms with van der Waals surface area (Å²) >= 11 is 0. The quantitative estimate of drug-likeness (QED) is 0.861. The number of hydrogen-bond acceptors (Lipinski definition) is 3. The summed E-state index contributed by atoms with van der Waals surface area (Å²) in [4.78, 5) is 11.7. The molecule has 2 aromatic rings. The summed E-state index contributed by atoms with van der Waals surface area (Å²) in [5.74, 6) is -0.0898. The molecule has 2 N–H and O–H groups in total. The van der Waals surface area contributed by atoms with E-state index in [0.717, 1.165) is 5.56 Å². The van der Waals surface area contributed by atoms with Crippen molar-refractivity contribution in [3.05, 3.63) is 65.5 Å². The van der Waals surface area contributed by atoms with Crippen molar-refractivity contribution in [2.45, 2.75) is 13.0 Å². The average molecular weight is 303 g/mol. The minimum absolute atomic E-state index is 0.0434. The molecule has 0 radical (unpaired) electrons. The predicted molar refractivity (Wildman–Crippen MR) is 81.0 cm³/mol. The first-order chi connectivity index (χ1) is 10.5. The van der Waals surface area contributed by atoms with Crippen LogP contribution in [0.3, 0.4) is 0 Å². The van der Waals surface area contributed by atoms with Crippen LogP contribution in [0.25, 0.3) is 0 Å². The van der Waals surface area contributed by atoms with Crippen LogP contribution in [-0.2, 0) is 4.79 Å². The molecule has 1 atom stereocenters. The highest BCUT2D eigenvalue weighted by Gasteiger charge is 2.10. The molecule has 5 heteroatoms. The van der Waals surface area contributed by atoms with Crippen molar-refractivity contribution in [3.63, 3.8) is 0 Å². The summed E-state index contributed by atoms with van der Waals surface area (Å²) in [6.07, 6.45) is -0.885. The van der Waals surface area contributed by atoms with Crippen molar-refractivity contribution in [1.82, 2.24) is 5.32 Å². The first-order valence-electron chi connectivity index (χ1n) is 6.94. The molecule has 0 aliphatic heterocycles. The molecule has 0 bridgehead atoms. The van der Waals surface area contributed by atoms with E-state index in [0.29, 0.717) is 11.3 Å². The minimum Gasteiger partial charge on any atom is -0.484 e. The van der Waals surface area contributed by atoms with Crippen LogP contribution in [0.1, 0.15) is 17.2 Å². The smallest absolute Gasteiger partial charge is 0.258 e. The molecule has 116 valence electrons. The third-order valence-corrected chi connectivity index (χ3v) is 3.14. The van der Waals surface area contributed by atoms with Crippen LogP contribution in [-0.4, -0.2) is 24.2 Å². The highest BCUT2D eigenvalue weighted by molar-refractivity contribution is 5.77. The van der Waals surface area contributed by atoms with Crippen molar-refractivity contribution < 1.29 is 19.0 Å². The molecule has 0 saturated heterocycles. The van der Waals surface area contributed by atoms with Gasteiger partial charge in [-0.05, 0) is 36.8 Å². The summed E-state index contributed by atoms with van der Waals surface area (Å²) < 4.78 is 18.1. The van der Waals surface area contributed by atoms with Gasteiger partial charge in [0.15, 0.2) is 6.61 Å². The van der Waals surface area contributed by atoms with Crippen LogP contribution in [0.15, 0.2) is 48.5 Å². The fourth-order valence-electron chi connectivity index (χ4n) is 1.85. The maximum atomic E-state index is 12.8.